The Morgan fingerprint density at radius 3 is 2.64 bits per heavy atom. The lowest BCUT2D eigenvalue weighted by molar-refractivity contribution is -0.122. The second kappa shape index (κ2) is 6.92. The molecule has 22 heavy (non-hydrogen) atoms. The van der Waals surface area contributed by atoms with Gasteiger partial charge in [-0.3, -0.25) is 9.59 Å². The SMILES string of the molecule is Cc1ccc(C(C)NC(=O)Cn2cc(Br)ccc2=O)cc1C. The molecule has 0 fully saturated rings. The number of pyridine rings is 1. The molecule has 2 rings (SSSR count). The van der Waals surface area contributed by atoms with Crippen molar-refractivity contribution >= 4 is 21.8 Å². The molecule has 0 aliphatic rings. The number of aryl methyl sites for hydroxylation is 2. The summed E-state index contributed by atoms with van der Waals surface area (Å²) in [7, 11) is 0. The van der Waals surface area contributed by atoms with Crippen LogP contribution in [0.1, 0.15) is 29.7 Å². The lowest BCUT2D eigenvalue weighted by Crippen LogP contribution is -2.33. The van der Waals surface area contributed by atoms with Crippen molar-refractivity contribution in [2.45, 2.75) is 33.4 Å². The normalized spacial score (nSPS) is 12.0. The van der Waals surface area contributed by atoms with E-state index in [4.69, 9.17) is 0 Å². The maximum atomic E-state index is 12.1. The van der Waals surface area contributed by atoms with Gasteiger partial charge in [0.15, 0.2) is 0 Å². The molecule has 0 aliphatic carbocycles. The molecular formula is C17H19BrN2O2. The summed E-state index contributed by atoms with van der Waals surface area (Å²) < 4.78 is 2.15. The fraction of sp³-hybridized carbons (Fsp3) is 0.294. The molecule has 1 aromatic carbocycles. The topological polar surface area (TPSA) is 51.1 Å². The Hall–Kier alpha value is -1.88. The summed E-state index contributed by atoms with van der Waals surface area (Å²) in [6.07, 6.45) is 1.61. The first kappa shape index (κ1) is 16.5. The number of carbonyl (C=O) groups is 1. The third kappa shape index (κ3) is 4.07. The zero-order valence-electron chi connectivity index (χ0n) is 12.9. The van der Waals surface area contributed by atoms with Crippen LogP contribution in [0, 0.1) is 13.8 Å². The van der Waals surface area contributed by atoms with Crippen LogP contribution >= 0.6 is 15.9 Å². The molecular weight excluding hydrogens is 344 g/mol. The molecule has 1 unspecified atom stereocenters. The van der Waals surface area contributed by atoms with Gasteiger partial charge >= 0.3 is 0 Å². The lowest BCUT2D eigenvalue weighted by Gasteiger charge is -2.16. The van der Waals surface area contributed by atoms with Crippen LogP contribution in [0.3, 0.4) is 0 Å². The zero-order valence-corrected chi connectivity index (χ0v) is 14.5. The van der Waals surface area contributed by atoms with Crippen molar-refractivity contribution in [2.75, 3.05) is 0 Å². The van der Waals surface area contributed by atoms with Crippen molar-refractivity contribution < 1.29 is 4.79 Å². The standard InChI is InChI=1S/C17H19BrN2O2/c1-11-4-5-14(8-12(11)2)13(3)19-16(21)10-20-9-15(18)6-7-17(20)22/h4-9,13H,10H2,1-3H3,(H,19,21). The van der Waals surface area contributed by atoms with E-state index < -0.39 is 0 Å². The molecule has 116 valence electrons. The van der Waals surface area contributed by atoms with E-state index in [1.807, 2.05) is 19.1 Å². The van der Waals surface area contributed by atoms with Crippen LogP contribution in [0.5, 0.6) is 0 Å². The van der Waals surface area contributed by atoms with Crippen molar-refractivity contribution in [3.8, 4) is 0 Å². The van der Waals surface area contributed by atoms with Gasteiger partial charge in [0, 0.05) is 16.7 Å². The quantitative estimate of drug-likeness (QED) is 0.908. The minimum Gasteiger partial charge on any atom is -0.348 e. The first-order valence-electron chi connectivity index (χ1n) is 7.09. The van der Waals surface area contributed by atoms with Crippen LogP contribution in [0.25, 0.3) is 0 Å². The van der Waals surface area contributed by atoms with Crippen LogP contribution < -0.4 is 10.9 Å². The average Bonchev–Trinajstić information content (AvgIpc) is 2.45. The van der Waals surface area contributed by atoms with E-state index in [0.717, 1.165) is 10.0 Å². The Labute approximate surface area is 138 Å². The summed E-state index contributed by atoms with van der Waals surface area (Å²) in [5.74, 6) is -0.189. The second-order valence-corrected chi connectivity index (χ2v) is 6.36. The second-order valence-electron chi connectivity index (χ2n) is 5.45. The number of amides is 1. The van der Waals surface area contributed by atoms with E-state index in [2.05, 4.69) is 41.2 Å². The molecule has 0 bridgehead atoms. The summed E-state index contributed by atoms with van der Waals surface area (Å²) >= 11 is 3.30. The summed E-state index contributed by atoms with van der Waals surface area (Å²) in [4.78, 5) is 23.8. The van der Waals surface area contributed by atoms with Crippen LogP contribution in [-0.4, -0.2) is 10.5 Å². The van der Waals surface area contributed by atoms with Crippen LogP contribution in [-0.2, 0) is 11.3 Å². The van der Waals surface area contributed by atoms with E-state index in [1.54, 1.807) is 12.3 Å². The molecule has 5 heteroatoms. The maximum Gasteiger partial charge on any atom is 0.251 e. The third-order valence-corrected chi connectivity index (χ3v) is 4.14. The number of rotatable bonds is 4. The first-order chi connectivity index (χ1) is 10.4. The Bertz CT molecular complexity index is 753. The Kier molecular flexibility index (Phi) is 5.19. The Morgan fingerprint density at radius 1 is 1.23 bits per heavy atom. The Balaban J connectivity index is 2.06. The molecule has 0 aliphatic heterocycles. The van der Waals surface area contributed by atoms with Gasteiger partial charge in [-0.25, -0.2) is 0 Å². The molecule has 2 aromatic rings. The van der Waals surface area contributed by atoms with E-state index in [-0.39, 0.29) is 24.1 Å². The number of aromatic nitrogens is 1. The molecule has 0 radical (unpaired) electrons. The van der Waals surface area contributed by atoms with Crippen molar-refractivity contribution in [1.29, 1.82) is 0 Å². The first-order valence-corrected chi connectivity index (χ1v) is 7.88. The molecule has 1 heterocycles. The van der Waals surface area contributed by atoms with Crippen molar-refractivity contribution in [3.05, 3.63) is 68.0 Å². The van der Waals surface area contributed by atoms with Gasteiger partial charge in [-0.1, -0.05) is 18.2 Å². The number of carbonyl (C=O) groups excluding carboxylic acids is 1. The highest BCUT2D eigenvalue weighted by Crippen LogP contribution is 2.16. The number of nitrogens with zero attached hydrogens (tertiary/aromatic N) is 1. The predicted molar refractivity (Wildman–Crippen MR) is 90.9 cm³/mol. The highest BCUT2D eigenvalue weighted by molar-refractivity contribution is 9.10. The van der Waals surface area contributed by atoms with Gasteiger partial charge in [-0.2, -0.15) is 0 Å². The van der Waals surface area contributed by atoms with Crippen molar-refractivity contribution in [3.63, 3.8) is 0 Å². The van der Waals surface area contributed by atoms with Crippen LogP contribution in [0.15, 0.2) is 45.8 Å². The zero-order chi connectivity index (χ0) is 16.3. The number of hydrogen-bond donors (Lipinski definition) is 1. The van der Waals surface area contributed by atoms with E-state index >= 15 is 0 Å². The van der Waals surface area contributed by atoms with Gasteiger partial charge in [0.1, 0.15) is 6.54 Å². The fourth-order valence-corrected chi connectivity index (χ4v) is 2.56. The minimum absolute atomic E-state index is 0.00740. The molecule has 1 N–H and O–H groups in total. The monoisotopic (exact) mass is 362 g/mol. The minimum atomic E-state index is -0.197. The fourth-order valence-electron chi connectivity index (χ4n) is 2.18. The largest absolute Gasteiger partial charge is 0.348 e. The summed E-state index contributed by atoms with van der Waals surface area (Å²) in [5, 5.41) is 2.92. The smallest absolute Gasteiger partial charge is 0.251 e. The van der Waals surface area contributed by atoms with Crippen molar-refractivity contribution in [2.24, 2.45) is 0 Å². The van der Waals surface area contributed by atoms with Gasteiger partial charge in [0.2, 0.25) is 5.91 Å². The summed E-state index contributed by atoms with van der Waals surface area (Å²) in [6.45, 7) is 6.05. The molecule has 0 saturated heterocycles. The lowest BCUT2D eigenvalue weighted by atomic mass is 10.0. The van der Waals surface area contributed by atoms with Gasteiger partial charge < -0.3 is 9.88 Å². The van der Waals surface area contributed by atoms with Crippen LogP contribution in [0.2, 0.25) is 0 Å². The van der Waals surface area contributed by atoms with E-state index in [1.165, 1.54) is 21.8 Å². The molecule has 1 aromatic heterocycles. The highest BCUT2D eigenvalue weighted by atomic mass is 79.9. The Morgan fingerprint density at radius 2 is 1.95 bits per heavy atom. The highest BCUT2D eigenvalue weighted by Gasteiger charge is 2.11. The summed E-state index contributed by atoms with van der Waals surface area (Å²) in [6, 6.07) is 9.13. The van der Waals surface area contributed by atoms with Gasteiger partial charge in [0.05, 0.1) is 6.04 Å². The number of halogens is 1. The van der Waals surface area contributed by atoms with Crippen molar-refractivity contribution in [1.82, 2.24) is 9.88 Å². The van der Waals surface area contributed by atoms with E-state index in [0.29, 0.717) is 0 Å². The van der Waals surface area contributed by atoms with Gasteiger partial charge in [0.25, 0.3) is 5.56 Å². The number of benzene rings is 1. The number of nitrogens with one attached hydrogen (secondary N) is 1. The number of hydrogen-bond acceptors (Lipinski definition) is 2. The van der Waals surface area contributed by atoms with E-state index in [9.17, 15) is 9.59 Å². The maximum absolute atomic E-state index is 12.1. The average molecular weight is 363 g/mol. The third-order valence-electron chi connectivity index (χ3n) is 3.67. The molecule has 0 saturated carbocycles. The molecule has 4 nitrogen and oxygen atoms in total. The van der Waals surface area contributed by atoms with Crippen LogP contribution in [0.4, 0.5) is 0 Å². The van der Waals surface area contributed by atoms with Gasteiger partial charge in [-0.05, 0) is 59.5 Å². The predicted octanol–water partition coefficient (Wildman–Crippen LogP) is 3.11. The molecule has 1 atom stereocenters. The molecule has 1 amide bonds. The summed E-state index contributed by atoms with van der Waals surface area (Å²) in [5.41, 5.74) is 3.28. The van der Waals surface area contributed by atoms with Gasteiger partial charge in [-0.15, -0.1) is 0 Å². The molecule has 0 spiro atoms.